The predicted octanol–water partition coefficient (Wildman–Crippen LogP) is 1.08. The Labute approximate surface area is 83.5 Å². The number of nitrogens with zero attached hydrogens (tertiary/aromatic N) is 2. The number of fused-ring (bicyclic) bond motifs is 1. The van der Waals surface area contributed by atoms with Gasteiger partial charge in [-0.25, -0.2) is 4.98 Å². The molecule has 3 atom stereocenters. The standard InChI is InChI=1S/C10H16N4/c1-2-7-4-8(7)9(3-1)11-5-10-12-6-13-14-10/h6-9,11H,1-5H2,(H,12,13,14). The average molecular weight is 192 g/mol. The normalized spacial score (nSPS) is 35.3. The van der Waals surface area contributed by atoms with Crippen molar-refractivity contribution in [2.75, 3.05) is 0 Å². The highest BCUT2D eigenvalue weighted by Crippen LogP contribution is 2.49. The Morgan fingerprint density at radius 1 is 1.50 bits per heavy atom. The van der Waals surface area contributed by atoms with Crippen molar-refractivity contribution in [2.24, 2.45) is 11.8 Å². The minimum atomic E-state index is 0.735. The zero-order chi connectivity index (χ0) is 9.38. The lowest BCUT2D eigenvalue weighted by molar-refractivity contribution is 0.350. The second-order valence-corrected chi connectivity index (χ2v) is 4.51. The van der Waals surface area contributed by atoms with Crippen LogP contribution in [0, 0.1) is 11.8 Å². The van der Waals surface area contributed by atoms with E-state index in [1.54, 1.807) is 6.33 Å². The van der Waals surface area contributed by atoms with Crippen LogP contribution in [0.2, 0.25) is 0 Å². The molecule has 4 nitrogen and oxygen atoms in total. The van der Waals surface area contributed by atoms with E-state index in [4.69, 9.17) is 0 Å². The molecule has 0 saturated heterocycles. The first-order valence-corrected chi connectivity index (χ1v) is 5.51. The molecule has 1 aromatic rings. The van der Waals surface area contributed by atoms with Crippen molar-refractivity contribution in [2.45, 2.75) is 38.3 Å². The lowest BCUT2D eigenvalue weighted by Crippen LogP contribution is -2.33. The molecule has 76 valence electrons. The molecule has 2 aliphatic rings. The van der Waals surface area contributed by atoms with Gasteiger partial charge in [0.2, 0.25) is 0 Å². The SMILES string of the molecule is c1n[nH]c(CNC2CCCC3CC32)n1. The van der Waals surface area contributed by atoms with Gasteiger partial charge >= 0.3 is 0 Å². The van der Waals surface area contributed by atoms with Crippen LogP contribution in [0.3, 0.4) is 0 Å². The molecule has 0 spiro atoms. The fourth-order valence-corrected chi connectivity index (χ4v) is 2.71. The van der Waals surface area contributed by atoms with Gasteiger partial charge in [-0.3, -0.25) is 5.10 Å². The summed E-state index contributed by atoms with van der Waals surface area (Å²) >= 11 is 0. The largest absolute Gasteiger partial charge is 0.307 e. The second kappa shape index (κ2) is 3.35. The Morgan fingerprint density at radius 2 is 2.50 bits per heavy atom. The highest BCUT2D eigenvalue weighted by atomic mass is 15.2. The molecule has 0 aromatic carbocycles. The van der Waals surface area contributed by atoms with Crippen LogP contribution in [-0.2, 0) is 6.54 Å². The second-order valence-electron chi connectivity index (χ2n) is 4.51. The maximum absolute atomic E-state index is 4.11. The molecule has 14 heavy (non-hydrogen) atoms. The molecule has 2 N–H and O–H groups in total. The first-order chi connectivity index (χ1) is 6.93. The molecule has 0 aliphatic heterocycles. The summed E-state index contributed by atoms with van der Waals surface area (Å²) in [6.07, 6.45) is 7.22. The number of aromatic amines is 1. The number of rotatable bonds is 3. The molecule has 2 fully saturated rings. The lowest BCUT2D eigenvalue weighted by atomic mass is 9.95. The molecule has 2 saturated carbocycles. The molecule has 3 unspecified atom stereocenters. The molecule has 4 heteroatoms. The topological polar surface area (TPSA) is 53.6 Å². The third-order valence-corrected chi connectivity index (χ3v) is 3.58. The molecule has 1 heterocycles. The summed E-state index contributed by atoms with van der Waals surface area (Å²) in [5.41, 5.74) is 0. The fourth-order valence-electron chi connectivity index (χ4n) is 2.71. The minimum absolute atomic E-state index is 0.735. The quantitative estimate of drug-likeness (QED) is 0.753. The average Bonchev–Trinajstić information content (AvgIpc) is 2.83. The van der Waals surface area contributed by atoms with Crippen LogP contribution in [0.4, 0.5) is 0 Å². The number of hydrogen-bond acceptors (Lipinski definition) is 3. The van der Waals surface area contributed by atoms with Crippen molar-refractivity contribution in [1.29, 1.82) is 0 Å². The van der Waals surface area contributed by atoms with Crippen LogP contribution < -0.4 is 5.32 Å². The zero-order valence-corrected chi connectivity index (χ0v) is 8.24. The van der Waals surface area contributed by atoms with Crippen LogP contribution >= 0.6 is 0 Å². The van der Waals surface area contributed by atoms with E-state index >= 15 is 0 Å². The molecule has 0 radical (unpaired) electrons. The van der Waals surface area contributed by atoms with Crippen LogP contribution in [-0.4, -0.2) is 21.2 Å². The summed E-state index contributed by atoms with van der Waals surface area (Å²) in [5, 5.41) is 10.3. The molecular weight excluding hydrogens is 176 g/mol. The summed E-state index contributed by atoms with van der Waals surface area (Å²) in [6, 6.07) is 0.735. The zero-order valence-electron chi connectivity index (χ0n) is 8.24. The van der Waals surface area contributed by atoms with Crippen molar-refractivity contribution >= 4 is 0 Å². The Balaban J connectivity index is 1.52. The van der Waals surface area contributed by atoms with Crippen LogP contribution in [0.15, 0.2) is 6.33 Å². The Bertz CT molecular complexity index is 295. The van der Waals surface area contributed by atoms with E-state index in [0.29, 0.717) is 0 Å². The van der Waals surface area contributed by atoms with Crippen molar-refractivity contribution in [3.8, 4) is 0 Å². The van der Waals surface area contributed by atoms with Crippen molar-refractivity contribution in [3.63, 3.8) is 0 Å². The van der Waals surface area contributed by atoms with E-state index in [0.717, 1.165) is 30.2 Å². The van der Waals surface area contributed by atoms with E-state index in [9.17, 15) is 0 Å². The first kappa shape index (κ1) is 8.41. The fraction of sp³-hybridized carbons (Fsp3) is 0.800. The summed E-state index contributed by atoms with van der Waals surface area (Å²) in [6.45, 7) is 0.841. The van der Waals surface area contributed by atoms with Gasteiger partial charge < -0.3 is 5.32 Å². The van der Waals surface area contributed by atoms with Gasteiger partial charge in [0, 0.05) is 6.04 Å². The highest BCUT2D eigenvalue weighted by Gasteiger charge is 2.44. The Morgan fingerprint density at radius 3 is 3.36 bits per heavy atom. The van der Waals surface area contributed by atoms with Crippen LogP contribution in [0.1, 0.15) is 31.5 Å². The molecule has 0 bridgehead atoms. The first-order valence-electron chi connectivity index (χ1n) is 5.51. The van der Waals surface area contributed by atoms with Gasteiger partial charge in [-0.05, 0) is 24.7 Å². The van der Waals surface area contributed by atoms with Crippen molar-refractivity contribution < 1.29 is 0 Å². The summed E-state index contributed by atoms with van der Waals surface area (Å²) in [5.74, 6) is 2.95. The van der Waals surface area contributed by atoms with Gasteiger partial charge in [-0.15, -0.1) is 0 Å². The minimum Gasteiger partial charge on any atom is -0.307 e. The van der Waals surface area contributed by atoms with Crippen molar-refractivity contribution in [1.82, 2.24) is 20.5 Å². The van der Waals surface area contributed by atoms with Crippen molar-refractivity contribution in [3.05, 3.63) is 12.2 Å². The number of nitrogens with one attached hydrogen (secondary N) is 2. The Hall–Kier alpha value is -0.900. The molecule has 0 amide bonds. The molecule has 1 aromatic heterocycles. The van der Waals surface area contributed by atoms with Gasteiger partial charge in [0.05, 0.1) is 6.54 Å². The van der Waals surface area contributed by atoms with E-state index < -0.39 is 0 Å². The third-order valence-electron chi connectivity index (χ3n) is 3.58. The maximum atomic E-state index is 4.11. The van der Waals surface area contributed by atoms with Crippen LogP contribution in [0.5, 0.6) is 0 Å². The van der Waals surface area contributed by atoms with Gasteiger partial charge in [0.25, 0.3) is 0 Å². The van der Waals surface area contributed by atoms with E-state index in [1.807, 2.05) is 0 Å². The molecule has 3 rings (SSSR count). The summed E-state index contributed by atoms with van der Waals surface area (Å²) in [7, 11) is 0. The Kier molecular flexibility index (Phi) is 2.01. The highest BCUT2D eigenvalue weighted by molar-refractivity contribution is 4.98. The smallest absolute Gasteiger partial charge is 0.138 e. The van der Waals surface area contributed by atoms with E-state index in [-0.39, 0.29) is 0 Å². The van der Waals surface area contributed by atoms with E-state index in [2.05, 4.69) is 20.5 Å². The summed E-state index contributed by atoms with van der Waals surface area (Å²) in [4.78, 5) is 4.11. The lowest BCUT2D eigenvalue weighted by Gasteiger charge is -2.22. The number of hydrogen-bond donors (Lipinski definition) is 2. The predicted molar refractivity (Wildman–Crippen MR) is 52.5 cm³/mol. The summed E-state index contributed by atoms with van der Waals surface area (Å²) < 4.78 is 0. The van der Waals surface area contributed by atoms with Gasteiger partial charge in [-0.2, -0.15) is 5.10 Å². The monoisotopic (exact) mass is 192 g/mol. The molecular formula is C10H16N4. The molecule has 2 aliphatic carbocycles. The number of aromatic nitrogens is 3. The third kappa shape index (κ3) is 1.54. The van der Waals surface area contributed by atoms with E-state index in [1.165, 1.54) is 25.7 Å². The van der Waals surface area contributed by atoms with Gasteiger partial charge in [0.15, 0.2) is 0 Å². The maximum Gasteiger partial charge on any atom is 0.138 e. The van der Waals surface area contributed by atoms with Gasteiger partial charge in [0.1, 0.15) is 12.2 Å². The number of H-pyrrole nitrogens is 1. The van der Waals surface area contributed by atoms with Gasteiger partial charge in [-0.1, -0.05) is 12.8 Å². The van der Waals surface area contributed by atoms with Crippen LogP contribution in [0.25, 0.3) is 0 Å².